The quantitative estimate of drug-likeness (QED) is 0.678. The Morgan fingerprint density at radius 3 is 2.36 bits per heavy atom. The maximum atomic E-state index is 9.55. The van der Waals surface area contributed by atoms with Gasteiger partial charge >= 0.3 is 11.9 Å². The van der Waals surface area contributed by atoms with Gasteiger partial charge in [-0.05, 0) is 21.3 Å². The fraction of sp³-hybridized carbons (Fsp3) is 0.154. The van der Waals surface area contributed by atoms with E-state index in [1.165, 1.54) is 0 Å². The van der Waals surface area contributed by atoms with Crippen molar-refractivity contribution in [2.45, 2.75) is 6.10 Å². The van der Waals surface area contributed by atoms with Crippen LogP contribution in [-0.4, -0.2) is 39.2 Å². The van der Waals surface area contributed by atoms with Crippen molar-refractivity contribution in [1.82, 2.24) is 9.97 Å². The Labute approximate surface area is 138 Å². The molecule has 0 aromatic carbocycles. The number of thiophene rings is 1. The number of carboxylic acid groups (broad SMARTS) is 2. The lowest BCUT2D eigenvalue weighted by molar-refractivity contribution is -0.134. The van der Waals surface area contributed by atoms with Crippen LogP contribution in [-0.2, 0) is 14.3 Å². The molecule has 3 N–H and O–H groups in total. The second kappa shape index (κ2) is 9.13. The maximum Gasteiger partial charge on any atom is 0.328 e. The summed E-state index contributed by atoms with van der Waals surface area (Å²) in [4.78, 5) is 26.1. The summed E-state index contributed by atoms with van der Waals surface area (Å²) in [6, 6.07) is 0. The van der Waals surface area contributed by atoms with Crippen molar-refractivity contribution in [3.8, 4) is 0 Å². The minimum atomic E-state index is -1.26. The second-order valence-electron chi connectivity index (χ2n) is 3.81. The van der Waals surface area contributed by atoms with Gasteiger partial charge in [0.05, 0.1) is 18.2 Å². The molecule has 0 aliphatic carbocycles. The largest absolute Gasteiger partial charge is 0.478 e. The van der Waals surface area contributed by atoms with Gasteiger partial charge in [-0.1, -0.05) is 0 Å². The molecule has 2 heterocycles. The molecule has 2 aromatic heterocycles. The Balaban J connectivity index is 0.000000261. The number of rotatable bonds is 5. The standard InChI is InChI=1S/C9H9BrN2OS.C4H4O4/c1-13-9(8-2-11-5-12-8)6-3-14-4-7(6)10;5-3(6)1-2-4(7)8/h2-5,9H,1H3,(H,11,12);1-2H,(H,5,6)(H,7,8)/b;2-1+. The molecule has 2 rings (SSSR count). The van der Waals surface area contributed by atoms with Crippen LogP contribution >= 0.6 is 27.3 Å². The van der Waals surface area contributed by atoms with Crippen LogP contribution in [0, 0.1) is 0 Å². The second-order valence-corrected chi connectivity index (χ2v) is 5.41. The summed E-state index contributed by atoms with van der Waals surface area (Å²) in [7, 11) is 1.69. The highest BCUT2D eigenvalue weighted by Gasteiger charge is 2.17. The smallest absolute Gasteiger partial charge is 0.328 e. The van der Waals surface area contributed by atoms with Crippen molar-refractivity contribution in [2.24, 2.45) is 0 Å². The highest BCUT2D eigenvalue weighted by Crippen LogP contribution is 2.32. The average Bonchev–Trinajstić information content (AvgIpc) is 3.11. The summed E-state index contributed by atoms with van der Waals surface area (Å²) in [6.07, 6.45) is 4.48. The van der Waals surface area contributed by atoms with E-state index in [0.29, 0.717) is 12.2 Å². The summed E-state index contributed by atoms with van der Waals surface area (Å²) in [6.45, 7) is 0. The Morgan fingerprint density at radius 1 is 1.36 bits per heavy atom. The summed E-state index contributed by atoms with van der Waals surface area (Å²) in [5, 5.41) is 19.7. The van der Waals surface area contributed by atoms with Crippen LogP contribution in [0.25, 0.3) is 0 Å². The van der Waals surface area contributed by atoms with Crippen molar-refractivity contribution >= 4 is 39.2 Å². The number of aromatic nitrogens is 2. The first-order valence-electron chi connectivity index (χ1n) is 5.82. The lowest BCUT2D eigenvalue weighted by Crippen LogP contribution is -2.03. The zero-order chi connectivity index (χ0) is 16.5. The normalized spacial score (nSPS) is 11.7. The number of methoxy groups -OCH3 is 1. The number of aromatic amines is 1. The predicted molar refractivity (Wildman–Crippen MR) is 83.9 cm³/mol. The minimum Gasteiger partial charge on any atom is -0.478 e. The fourth-order valence-electron chi connectivity index (χ4n) is 1.45. The molecule has 22 heavy (non-hydrogen) atoms. The van der Waals surface area contributed by atoms with Crippen LogP contribution < -0.4 is 0 Å². The third kappa shape index (κ3) is 5.80. The number of nitrogens with zero attached hydrogens (tertiary/aromatic N) is 1. The van der Waals surface area contributed by atoms with Gasteiger partial charge in [0, 0.05) is 34.7 Å². The number of imidazole rings is 1. The summed E-state index contributed by atoms with van der Waals surface area (Å²) >= 11 is 5.14. The first kappa shape index (κ1) is 18.1. The third-order valence-electron chi connectivity index (χ3n) is 2.33. The number of halogens is 1. The number of aliphatic carboxylic acids is 2. The molecular weight excluding hydrogens is 376 g/mol. The fourth-order valence-corrected chi connectivity index (χ4v) is 2.97. The number of hydrogen-bond acceptors (Lipinski definition) is 5. The van der Waals surface area contributed by atoms with E-state index in [4.69, 9.17) is 14.9 Å². The zero-order valence-electron chi connectivity index (χ0n) is 11.4. The van der Waals surface area contributed by atoms with E-state index in [0.717, 1.165) is 15.7 Å². The van der Waals surface area contributed by atoms with E-state index < -0.39 is 11.9 Å². The van der Waals surface area contributed by atoms with Crippen molar-refractivity contribution in [3.05, 3.63) is 51.2 Å². The average molecular weight is 389 g/mol. The molecule has 1 atom stereocenters. The van der Waals surface area contributed by atoms with E-state index in [2.05, 4.69) is 31.3 Å². The number of nitrogens with one attached hydrogen (secondary N) is 1. The monoisotopic (exact) mass is 388 g/mol. The van der Waals surface area contributed by atoms with Gasteiger partial charge in [0.25, 0.3) is 0 Å². The van der Waals surface area contributed by atoms with Crippen LogP contribution in [0.3, 0.4) is 0 Å². The minimum absolute atomic E-state index is 0.0712. The Bertz CT molecular complexity index is 623. The molecule has 0 bridgehead atoms. The van der Waals surface area contributed by atoms with Gasteiger partial charge < -0.3 is 19.9 Å². The van der Waals surface area contributed by atoms with Gasteiger partial charge in [-0.15, -0.1) is 0 Å². The first-order valence-corrected chi connectivity index (χ1v) is 7.55. The molecule has 0 spiro atoms. The van der Waals surface area contributed by atoms with E-state index in [9.17, 15) is 9.59 Å². The highest BCUT2D eigenvalue weighted by atomic mass is 79.9. The molecule has 0 radical (unpaired) electrons. The van der Waals surface area contributed by atoms with E-state index in [1.54, 1.807) is 31.0 Å². The number of ether oxygens (including phenoxy) is 1. The van der Waals surface area contributed by atoms with Crippen LogP contribution in [0.1, 0.15) is 17.4 Å². The molecule has 1 unspecified atom stereocenters. The Kier molecular flexibility index (Phi) is 7.50. The summed E-state index contributed by atoms with van der Waals surface area (Å²) < 4.78 is 6.50. The maximum absolute atomic E-state index is 9.55. The van der Waals surface area contributed by atoms with Gasteiger partial charge in [-0.2, -0.15) is 11.3 Å². The molecule has 118 valence electrons. The number of carboxylic acids is 2. The van der Waals surface area contributed by atoms with Gasteiger partial charge in [0.1, 0.15) is 6.10 Å². The van der Waals surface area contributed by atoms with Crippen molar-refractivity contribution in [1.29, 1.82) is 0 Å². The Morgan fingerprint density at radius 2 is 2.00 bits per heavy atom. The molecular formula is C13H13BrN2O5S. The molecule has 0 saturated carbocycles. The van der Waals surface area contributed by atoms with Crippen molar-refractivity contribution in [3.63, 3.8) is 0 Å². The molecule has 9 heteroatoms. The van der Waals surface area contributed by atoms with Crippen molar-refractivity contribution in [2.75, 3.05) is 7.11 Å². The summed E-state index contributed by atoms with van der Waals surface area (Å²) in [5.41, 5.74) is 2.09. The van der Waals surface area contributed by atoms with Crippen LogP contribution in [0.15, 0.2) is 39.9 Å². The van der Waals surface area contributed by atoms with E-state index in [1.807, 2.05) is 5.38 Å². The molecule has 2 aromatic rings. The van der Waals surface area contributed by atoms with Gasteiger partial charge in [0.2, 0.25) is 0 Å². The van der Waals surface area contributed by atoms with Gasteiger partial charge in [-0.3, -0.25) is 0 Å². The van der Waals surface area contributed by atoms with E-state index >= 15 is 0 Å². The van der Waals surface area contributed by atoms with Crippen LogP contribution in [0.4, 0.5) is 0 Å². The lowest BCUT2D eigenvalue weighted by atomic mass is 10.1. The Hall–Kier alpha value is -1.97. The molecule has 0 saturated heterocycles. The number of H-pyrrole nitrogens is 1. The van der Waals surface area contributed by atoms with Crippen LogP contribution in [0.2, 0.25) is 0 Å². The SMILES string of the molecule is COC(c1cnc[nH]1)c1cscc1Br.O=C(O)/C=C/C(=O)O. The lowest BCUT2D eigenvalue weighted by Gasteiger charge is -2.12. The molecule has 0 amide bonds. The highest BCUT2D eigenvalue weighted by molar-refractivity contribution is 9.10. The van der Waals surface area contributed by atoms with Crippen molar-refractivity contribution < 1.29 is 24.5 Å². The number of carbonyl (C=O) groups is 2. The summed E-state index contributed by atoms with van der Waals surface area (Å²) in [5.74, 6) is -2.51. The molecule has 0 fully saturated rings. The predicted octanol–water partition coefficient (Wildman–Crippen LogP) is 2.68. The molecule has 0 aliphatic rings. The number of hydrogen-bond donors (Lipinski definition) is 3. The molecule has 0 aliphatic heterocycles. The topological polar surface area (TPSA) is 113 Å². The van der Waals surface area contributed by atoms with Gasteiger partial charge in [0.15, 0.2) is 0 Å². The van der Waals surface area contributed by atoms with Crippen LogP contribution in [0.5, 0.6) is 0 Å². The zero-order valence-corrected chi connectivity index (χ0v) is 13.8. The molecule has 7 nitrogen and oxygen atoms in total. The van der Waals surface area contributed by atoms with Gasteiger partial charge in [-0.25, -0.2) is 14.6 Å². The third-order valence-corrected chi connectivity index (χ3v) is 4.08. The first-order chi connectivity index (χ1) is 10.5. The van der Waals surface area contributed by atoms with E-state index in [-0.39, 0.29) is 6.10 Å².